The number of nitrogens with two attached hydrogens (primary N) is 3. The van der Waals surface area contributed by atoms with Gasteiger partial charge in [0.2, 0.25) is 0 Å². The Morgan fingerprint density at radius 1 is 0.875 bits per heavy atom. The molecule has 6 N–H and O–H groups in total. The Hall–Kier alpha value is -2.00. The van der Waals surface area contributed by atoms with Crippen LogP contribution in [0.25, 0.3) is 11.1 Å². The lowest BCUT2D eigenvalue weighted by Crippen LogP contribution is -2.01. The molecule has 16 heavy (non-hydrogen) atoms. The molecule has 2 aromatic carbocycles. The first-order valence-electron chi connectivity index (χ1n) is 5.15. The van der Waals surface area contributed by atoms with Gasteiger partial charge in [0.1, 0.15) is 0 Å². The third-order valence-electron chi connectivity index (χ3n) is 2.60. The summed E-state index contributed by atoms with van der Waals surface area (Å²) in [5, 5.41) is 0. The first-order valence-corrected chi connectivity index (χ1v) is 5.15. The van der Waals surface area contributed by atoms with Crippen LogP contribution >= 0.6 is 0 Å². The van der Waals surface area contributed by atoms with E-state index in [4.69, 9.17) is 17.2 Å². The number of hydrogen-bond acceptors (Lipinski definition) is 3. The summed E-state index contributed by atoms with van der Waals surface area (Å²) in [6.07, 6.45) is 0. The molecule has 0 saturated carbocycles. The summed E-state index contributed by atoms with van der Waals surface area (Å²) in [7, 11) is 0. The van der Waals surface area contributed by atoms with Gasteiger partial charge in [0, 0.05) is 23.5 Å². The van der Waals surface area contributed by atoms with Gasteiger partial charge in [-0.3, -0.25) is 0 Å². The minimum Gasteiger partial charge on any atom is -0.399 e. The summed E-state index contributed by atoms with van der Waals surface area (Å²) in [4.78, 5) is 0. The summed E-state index contributed by atoms with van der Waals surface area (Å²) in [5.41, 5.74) is 21.9. The maximum absolute atomic E-state index is 5.98. The van der Waals surface area contributed by atoms with Crippen molar-refractivity contribution in [2.24, 2.45) is 5.73 Å². The molecule has 0 fully saturated rings. The zero-order valence-corrected chi connectivity index (χ0v) is 8.98. The summed E-state index contributed by atoms with van der Waals surface area (Å²) in [5.74, 6) is 0. The van der Waals surface area contributed by atoms with Crippen LogP contribution in [0.3, 0.4) is 0 Å². The monoisotopic (exact) mass is 213 g/mol. The molecule has 0 aliphatic carbocycles. The molecule has 0 atom stereocenters. The number of rotatable bonds is 2. The Morgan fingerprint density at radius 2 is 1.56 bits per heavy atom. The first kappa shape index (κ1) is 10.5. The van der Waals surface area contributed by atoms with Crippen molar-refractivity contribution in [3.8, 4) is 11.1 Å². The molecule has 2 aromatic rings. The molecule has 0 aliphatic rings. The molecular weight excluding hydrogens is 198 g/mol. The fraction of sp³-hybridized carbons (Fsp3) is 0.0769. The third kappa shape index (κ3) is 1.85. The number of benzene rings is 2. The van der Waals surface area contributed by atoms with Gasteiger partial charge in [0.05, 0.1) is 0 Å². The van der Waals surface area contributed by atoms with Crippen molar-refractivity contribution in [3.63, 3.8) is 0 Å². The maximum Gasteiger partial charge on any atom is 0.0397 e. The average molecular weight is 213 g/mol. The van der Waals surface area contributed by atoms with E-state index in [1.54, 1.807) is 0 Å². The zero-order chi connectivity index (χ0) is 11.5. The molecule has 0 aromatic heterocycles. The van der Waals surface area contributed by atoms with Crippen LogP contribution in [0.1, 0.15) is 5.56 Å². The quantitative estimate of drug-likeness (QED) is 0.667. The van der Waals surface area contributed by atoms with E-state index >= 15 is 0 Å². The molecule has 3 nitrogen and oxygen atoms in total. The van der Waals surface area contributed by atoms with Gasteiger partial charge in [0.15, 0.2) is 0 Å². The van der Waals surface area contributed by atoms with Crippen molar-refractivity contribution in [3.05, 3.63) is 48.0 Å². The minimum absolute atomic E-state index is 0.477. The van der Waals surface area contributed by atoms with Gasteiger partial charge >= 0.3 is 0 Å². The van der Waals surface area contributed by atoms with Gasteiger partial charge in [-0.1, -0.05) is 24.3 Å². The van der Waals surface area contributed by atoms with Crippen LogP contribution in [0.4, 0.5) is 11.4 Å². The topological polar surface area (TPSA) is 78.1 Å². The summed E-state index contributed by atoms with van der Waals surface area (Å²) >= 11 is 0. The molecule has 2 rings (SSSR count). The van der Waals surface area contributed by atoms with Gasteiger partial charge in [-0.15, -0.1) is 0 Å². The van der Waals surface area contributed by atoms with Crippen molar-refractivity contribution in [2.75, 3.05) is 11.5 Å². The summed E-state index contributed by atoms with van der Waals surface area (Å²) in [6.45, 7) is 0.477. The van der Waals surface area contributed by atoms with Crippen molar-refractivity contribution >= 4 is 11.4 Å². The standard InChI is InChI=1S/C13H15N3/c14-8-10-2-1-3-12(16)13(10)9-4-6-11(15)7-5-9/h1-7H,8,14-16H2. The Bertz CT molecular complexity index is 489. The fourth-order valence-corrected chi connectivity index (χ4v) is 1.79. The lowest BCUT2D eigenvalue weighted by Gasteiger charge is -2.11. The van der Waals surface area contributed by atoms with Crippen LogP contribution in [0.2, 0.25) is 0 Å². The van der Waals surface area contributed by atoms with E-state index in [1.165, 1.54) is 0 Å². The molecule has 0 amide bonds. The average Bonchev–Trinajstić information content (AvgIpc) is 2.30. The smallest absolute Gasteiger partial charge is 0.0397 e. The normalized spacial score (nSPS) is 10.3. The van der Waals surface area contributed by atoms with Gasteiger partial charge in [0.25, 0.3) is 0 Å². The molecular formula is C13H15N3. The van der Waals surface area contributed by atoms with Crippen molar-refractivity contribution in [1.29, 1.82) is 0 Å². The number of nitrogen functional groups attached to an aromatic ring is 2. The van der Waals surface area contributed by atoms with Crippen molar-refractivity contribution < 1.29 is 0 Å². The Morgan fingerprint density at radius 3 is 2.19 bits per heavy atom. The second-order valence-electron chi connectivity index (χ2n) is 3.71. The largest absolute Gasteiger partial charge is 0.399 e. The minimum atomic E-state index is 0.477. The molecule has 0 radical (unpaired) electrons. The van der Waals surface area contributed by atoms with E-state index < -0.39 is 0 Å². The molecule has 0 saturated heterocycles. The second kappa shape index (κ2) is 4.24. The van der Waals surface area contributed by atoms with Crippen LogP contribution in [-0.2, 0) is 6.54 Å². The Labute approximate surface area is 94.9 Å². The van der Waals surface area contributed by atoms with Gasteiger partial charge < -0.3 is 17.2 Å². The second-order valence-corrected chi connectivity index (χ2v) is 3.71. The van der Waals surface area contributed by atoms with Crippen LogP contribution in [-0.4, -0.2) is 0 Å². The molecule has 0 spiro atoms. The third-order valence-corrected chi connectivity index (χ3v) is 2.60. The van der Waals surface area contributed by atoms with E-state index in [-0.39, 0.29) is 0 Å². The van der Waals surface area contributed by atoms with Gasteiger partial charge in [-0.05, 0) is 29.3 Å². The molecule has 0 heterocycles. The lowest BCUT2D eigenvalue weighted by atomic mass is 9.97. The molecule has 0 bridgehead atoms. The van der Waals surface area contributed by atoms with E-state index in [0.717, 1.165) is 28.1 Å². The number of anilines is 2. The van der Waals surface area contributed by atoms with Crippen LogP contribution in [0.15, 0.2) is 42.5 Å². The Kier molecular flexibility index (Phi) is 2.79. The molecule has 0 unspecified atom stereocenters. The van der Waals surface area contributed by atoms with E-state index in [0.29, 0.717) is 6.54 Å². The van der Waals surface area contributed by atoms with Crippen LogP contribution in [0.5, 0.6) is 0 Å². The van der Waals surface area contributed by atoms with Gasteiger partial charge in [-0.25, -0.2) is 0 Å². The maximum atomic E-state index is 5.98. The number of hydrogen-bond donors (Lipinski definition) is 3. The SMILES string of the molecule is NCc1cccc(N)c1-c1ccc(N)cc1. The zero-order valence-electron chi connectivity index (χ0n) is 8.98. The van der Waals surface area contributed by atoms with Crippen LogP contribution in [0, 0.1) is 0 Å². The highest BCUT2D eigenvalue weighted by atomic mass is 14.6. The highest BCUT2D eigenvalue weighted by molar-refractivity contribution is 5.80. The van der Waals surface area contributed by atoms with E-state index in [9.17, 15) is 0 Å². The Balaban J connectivity index is 2.58. The van der Waals surface area contributed by atoms with Crippen molar-refractivity contribution in [1.82, 2.24) is 0 Å². The van der Waals surface area contributed by atoms with E-state index in [2.05, 4.69) is 0 Å². The predicted octanol–water partition coefficient (Wildman–Crippen LogP) is 1.98. The van der Waals surface area contributed by atoms with Gasteiger partial charge in [-0.2, -0.15) is 0 Å². The highest BCUT2D eigenvalue weighted by Gasteiger charge is 2.07. The summed E-state index contributed by atoms with van der Waals surface area (Å²) < 4.78 is 0. The van der Waals surface area contributed by atoms with E-state index in [1.807, 2.05) is 42.5 Å². The fourth-order valence-electron chi connectivity index (χ4n) is 1.79. The molecule has 3 heteroatoms. The molecule has 0 aliphatic heterocycles. The first-order chi connectivity index (χ1) is 7.72. The van der Waals surface area contributed by atoms with Crippen LogP contribution < -0.4 is 17.2 Å². The predicted molar refractivity (Wildman–Crippen MR) is 68.6 cm³/mol. The summed E-state index contributed by atoms with van der Waals surface area (Å²) in [6, 6.07) is 13.4. The lowest BCUT2D eigenvalue weighted by molar-refractivity contribution is 1.07. The highest BCUT2D eigenvalue weighted by Crippen LogP contribution is 2.29. The van der Waals surface area contributed by atoms with Crippen molar-refractivity contribution in [2.45, 2.75) is 6.54 Å². The molecule has 82 valence electrons.